The zero-order chi connectivity index (χ0) is 24.2. The first-order valence-electron chi connectivity index (χ1n) is 10.8. The van der Waals surface area contributed by atoms with Gasteiger partial charge in [-0.3, -0.25) is 9.89 Å². The molecule has 0 atom stereocenters. The number of ether oxygens (including phenoxy) is 2. The number of benzene rings is 1. The molecule has 34 heavy (non-hydrogen) atoms. The molecule has 0 aliphatic carbocycles. The molecule has 3 aromatic heterocycles. The molecule has 4 aromatic rings. The van der Waals surface area contributed by atoms with Crippen molar-refractivity contribution in [3.8, 4) is 17.1 Å². The number of methoxy groups -OCH3 is 2. The van der Waals surface area contributed by atoms with Gasteiger partial charge in [-0.25, -0.2) is 9.37 Å². The lowest BCUT2D eigenvalue weighted by Crippen LogP contribution is -2.27. The molecule has 0 saturated heterocycles. The van der Waals surface area contributed by atoms with Crippen LogP contribution in [-0.2, 0) is 17.8 Å². The number of thiophene rings is 1. The van der Waals surface area contributed by atoms with Crippen molar-refractivity contribution in [1.82, 2.24) is 25.1 Å². The number of nitrogens with zero attached hydrogens (tertiary/aromatic N) is 4. The van der Waals surface area contributed by atoms with Crippen LogP contribution in [0.25, 0.3) is 21.5 Å². The Morgan fingerprint density at radius 2 is 2.06 bits per heavy atom. The van der Waals surface area contributed by atoms with Gasteiger partial charge in [-0.1, -0.05) is 12.1 Å². The standard InChI is InChI=1S/C24H26FN5O3S/c1-14-20-22(33-4)26-19(13-32-3)27-23(20)34-21(14)24(31)30(2)10-6-9-17-12-18(29-28-17)15-7-5-8-16(25)11-15/h5,7-8,11-12H,6,9-10,13H2,1-4H3,(H,28,29). The third-order valence-corrected chi connectivity index (χ3v) is 6.68. The summed E-state index contributed by atoms with van der Waals surface area (Å²) in [5.41, 5.74) is 3.17. The summed E-state index contributed by atoms with van der Waals surface area (Å²) in [7, 11) is 4.92. The van der Waals surface area contributed by atoms with Gasteiger partial charge in [-0.05, 0) is 43.5 Å². The van der Waals surface area contributed by atoms with Crippen molar-refractivity contribution in [2.45, 2.75) is 26.4 Å². The van der Waals surface area contributed by atoms with E-state index in [1.165, 1.54) is 23.5 Å². The van der Waals surface area contributed by atoms with Crippen molar-refractivity contribution < 1.29 is 18.7 Å². The van der Waals surface area contributed by atoms with Gasteiger partial charge in [0.05, 0.1) is 23.1 Å². The Labute approximate surface area is 200 Å². The van der Waals surface area contributed by atoms with Crippen LogP contribution in [-0.4, -0.2) is 58.8 Å². The minimum atomic E-state index is -0.294. The molecule has 0 saturated carbocycles. The van der Waals surface area contributed by atoms with Gasteiger partial charge in [0, 0.05) is 32.0 Å². The van der Waals surface area contributed by atoms with E-state index < -0.39 is 0 Å². The largest absolute Gasteiger partial charge is 0.480 e. The average Bonchev–Trinajstić information content (AvgIpc) is 3.43. The summed E-state index contributed by atoms with van der Waals surface area (Å²) >= 11 is 1.34. The van der Waals surface area contributed by atoms with Gasteiger partial charge in [-0.15, -0.1) is 11.3 Å². The summed E-state index contributed by atoms with van der Waals surface area (Å²) in [4.78, 5) is 25.1. The van der Waals surface area contributed by atoms with Crippen LogP contribution in [0.2, 0.25) is 0 Å². The highest BCUT2D eigenvalue weighted by Gasteiger charge is 2.23. The maximum Gasteiger partial charge on any atom is 0.264 e. The zero-order valence-corrected chi connectivity index (χ0v) is 20.3. The Balaban J connectivity index is 1.42. The number of amides is 1. The van der Waals surface area contributed by atoms with Gasteiger partial charge in [0.1, 0.15) is 17.3 Å². The molecule has 1 N–H and O–H groups in total. The Morgan fingerprint density at radius 3 is 2.79 bits per heavy atom. The molecular formula is C24H26FN5O3S. The lowest BCUT2D eigenvalue weighted by molar-refractivity contribution is 0.0797. The molecule has 0 aliphatic heterocycles. The number of carbonyl (C=O) groups is 1. The second-order valence-electron chi connectivity index (χ2n) is 7.94. The van der Waals surface area contributed by atoms with Gasteiger partial charge < -0.3 is 14.4 Å². The van der Waals surface area contributed by atoms with Gasteiger partial charge >= 0.3 is 0 Å². The molecule has 8 nitrogen and oxygen atoms in total. The van der Waals surface area contributed by atoms with E-state index in [9.17, 15) is 9.18 Å². The third-order valence-electron chi connectivity index (χ3n) is 5.50. The minimum absolute atomic E-state index is 0.0686. The first-order chi connectivity index (χ1) is 16.4. The van der Waals surface area contributed by atoms with E-state index >= 15 is 0 Å². The van der Waals surface area contributed by atoms with Crippen LogP contribution >= 0.6 is 11.3 Å². The fourth-order valence-corrected chi connectivity index (χ4v) is 4.94. The topological polar surface area (TPSA) is 93.2 Å². The number of carbonyl (C=O) groups excluding carboxylic acids is 1. The second-order valence-corrected chi connectivity index (χ2v) is 8.94. The first-order valence-corrected chi connectivity index (χ1v) is 11.6. The lowest BCUT2D eigenvalue weighted by Gasteiger charge is -2.16. The number of nitrogens with one attached hydrogen (secondary N) is 1. The Kier molecular flexibility index (Phi) is 7.18. The summed E-state index contributed by atoms with van der Waals surface area (Å²) in [6.45, 7) is 2.72. The molecule has 0 radical (unpaired) electrons. The summed E-state index contributed by atoms with van der Waals surface area (Å²) in [5.74, 6) is 0.594. The molecule has 4 rings (SSSR count). The van der Waals surface area contributed by atoms with Crippen LogP contribution in [0.3, 0.4) is 0 Å². The van der Waals surface area contributed by atoms with E-state index in [0.29, 0.717) is 40.1 Å². The first kappa shape index (κ1) is 23.8. The molecule has 1 aromatic carbocycles. The number of aromatic amines is 1. The van der Waals surface area contributed by atoms with E-state index in [0.717, 1.165) is 28.6 Å². The number of hydrogen-bond donors (Lipinski definition) is 1. The van der Waals surface area contributed by atoms with E-state index in [-0.39, 0.29) is 18.3 Å². The van der Waals surface area contributed by atoms with Crippen LogP contribution in [0.4, 0.5) is 4.39 Å². The molecule has 0 bridgehead atoms. The van der Waals surface area contributed by atoms with Crippen molar-refractivity contribution in [3.63, 3.8) is 0 Å². The smallest absolute Gasteiger partial charge is 0.264 e. The van der Waals surface area contributed by atoms with Crippen LogP contribution < -0.4 is 4.74 Å². The highest BCUT2D eigenvalue weighted by atomic mass is 32.1. The van der Waals surface area contributed by atoms with Crippen LogP contribution in [0.1, 0.15) is 33.2 Å². The van der Waals surface area contributed by atoms with E-state index in [1.54, 1.807) is 32.2 Å². The molecule has 3 heterocycles. The average molecular weight is 484 g/mol. The molecule has 10 heteroatoms. The molecule has 0 unspecified atom stereocenters. The molecule has 0 aliphatic rings. The molecule has 178 valence electrons. The Morgan fingerprint density at radius 1 is 1.24 bits per heavy atom. The minimum Gasteiger partial charge on any atom is -0.480 e. The SMILES string of the molecule is COCc1nc(OC)c2c(C)c(C(=O)N(C)CCCc3cc(-c4cccc(F)c4)n[nH]3)sc2n1. The van der Waals surface area contributed by atoms with Gasteiger partial charge in [0.25, 0.3) is 5.91 Å². The zero-order valence-electron chi connectivity index (χ0n) is 19.5. The van der Waals surface area contributed by atoms with Gasteiger partial charge in [0.15, 0.2) is 5.82 Å². The molecule has 0 spiro atoms. The van der Waals surface area contributed by atoms with Crippen molar-refractivity contribution >= 4 is 27.5 Å². The fourth-order valence-electron chi connectivity index (χ4n) is 3.76. The quantitative estimate of drug-likeness (QED) is 0.380. The molecular weight excluding hydrogens is 457 g/mol. The number of halogens is 1. The van der Waals surface area contributed by atoms with Crippen molar-refractivity contribution in [2.24, 2.45) is 0 Å². The number of rotatable bonds is 9. The number of aromatic nitrogens is 4. The van der Waals surface area contributed by atoms with Gasteiger partial charge in [-0.2, -0.15) is 10.1 Å². The van der Waals surface area contributed by atoms with E-state index in [4.69, 9.17) is 9.47 Å². The lowest BCUT2D eigenvalue weighted by atomic mass is 10.1. The number of fused-ring (bicyclic) bond motifs is 1. The monoisotopic (exact) mass is 483 g/mol. The predicted octanol–water partition coefficient (Wildman–Crippen LogP) is 4.39. The summed E-state index contributed by atoms with van der Waals surface area (Å²) < 4.78 is 24.1. The number of H-pyrrole nitrogens is 1. The van der Waals surface area contributed by atoms with Crippen molar-refractivity contribution in [2.75, 3.05) is 27.8 Å². The van der Waals surface area contributed by atoms with Crippen molar-refractivity contribution in [3.05, 3.63) is 58.1 Å². The summed E-state index contributed by atoms with van der Waals surface area (Å²) in [5, 5.41) is 8.03. The van der Waals surface area contributed by atoms with E-state index in [1.807, 2.05) is 19.1 Å². The number of aryl methyl sites for hydroxylation is 2. The van der Waals surface area contributed by atoms with Gasteiger partial charge in [0.2, 0.25) is 5.88 Å². The maximum atomic E-state index is 13.5. The summed E-state index contributed by atoms with van der Waals surface area (Å²) in [6.07, 6.45) is 1.46. The highest BCUT2D eigenvalue weighted by molar-refractivity contribution is 7.20. The summed E-state index contributed by atoms with van der Waals surface area (Å²) in [6, 6.07) is 8.26. The highest BCUT2D eigenvalue weighted by Crippen LogP contribution is 2.35. The Bertz CT molecular complexity index is 1320. The van der Waals surface area contributed by atoms with Crippen molar-refractivity contribution in [1.29, 1.82) is 0 Å². The third kappa shape index (κ3) is 4.92. The molecule has 1 amide bonds. The predicted molar refractivity (Wildman–Crippen MR) is 129 cm³/mol. The maximum absolute atomic E-state index is 13.5. The fraction of sp³-hybridized carbons (Fsp3) is 0.333. The normalized spacial score (nSPS) is 11.2. The number of hydrogen-bond acceptors (Lipinski definition) is 7. The second kappa shape index (κ2) is 10.3. The molecule has 0 fully saturated rings. The van der Waals surface area contributed by atoms with Crippen LogP contribution in [0, 0.1) is 12.7 Å². The Hall–Kier alpha value is -3.37. The van der Waals surface area contributed by atoms with Crippen LogP contribution in [0.15, 0.2) is 30.3 Å². The van der Waals surface area contributed by atoms with E-state index in [2.05, 4.69) is 20.2 Å². The van der Waals surface area contributed by atoms with Crippen LogP contribution in [0.5, 0.6) is 5.88 Å².